The zero-order valence-electron chi connectivity index (χ0n) is 13.1. The van der Waals surface area contributed by atoms with Crippen molar-refractivity contribution in [1.29, 1.82) is 0 Å². The van der Waals surface area contributed by atoms with E-state index in [0.717, 1.165) is 6.42 Å². The molecule has 0 aromatic heterocycles. The number of aryl methyl sites for hydroxylation is 1. The van der Waals surface area contributed by atoms with Gasteiger partial charge in [-0.05, 0) is 22.9 Å². The van der Waals surface area contributed by atoms with Crippen LogP contribution in [0.5, 0.6) is 0 Å². The van der Waals surface area contributed by atoms with Gasteiger partial charge in [-0.25, -0.2) is 0 Å². The molecule has 3 heteroatoms. The highest BCUT2D eigenvalue weighted by atomic mass is 14.2. The molecule has 0 bridgehead atoms. The van der Waals surface area contributed by atoms with Gasteiger partial charge in [-0.1, -0.05) is 69.5 Å². The number of rotatable bonds is 6. The summed E-state index contributed by atoms with van der Waals surface area (Å²) in [4.78, 5) is 0. The average Bonchev–Trinajstić information content (AvgIpc) is 2.27. The lowest BCUT2D eigenvalue weighted by molar-refractivity contribution is 0.512. The molecule has 96 valence electrons. The molecule has 0 nitrogen and oxygen atoms in total. The van der Waals surface area contributed by atoms with Crippen LogP contribution in [0.2, 0.25) is 5.21 Å². The zero-order valence-corrected chi connectivity index (χ0v) is 13.1. The zero-order chi connectivity index (χ0) is 13.8. The maximum absolute atomic E-state index is 2.40. The van der Waals surface area contributed by atoms with Crippen LogP contribution >= 0.6 is 0 Å². The van der Waals surface area contributed by atoms with Crippen molar-refractivity contribution in [3.05, 3.63) is 35.4 Å². The van der Waals surface area contributed by atoms with E-state index in [9.17, 15) is 0 Å². The van der Waals surface area contributed by atoms with E-state index in [1.807, 2.05) is 0 Å². The van der Waals surface area contributed by atoms with Crippen LogP contribution < -0.4 is 0 Å². The average molecular weight is 240 g/mol. The van der Waals surface area contributed by atoms with Crippen LogP contribution in [0.15, 0.2) is 24.3 Å². The van der Waals surface area contributed by atoms with Crippen LogP contribution in [0, 0.1) is 0 Å². The maximum Gasteiger partial charge on any atom is 0.114 e. The van der Waals surface area contributed by atoms with Gasteiger partial charge in [0, 0.05) is 0 Å². The fourth-order valence-electron chi connectivity index (χ4n) is 3.28. The first-order chi connectivity index (χ1) is 8.30. The van der Waals surface area contributed by atoms with Gasteiger partial charge >= 0.3 is 0 Å². The fraction of sp³-hybridized carbons (Fsp3) is 0.600. The topological polar surface area (TPSA) is 0 Å². The summed E-state index contributed by atoms with van der Waals surface area (Å²) >= 11 is 0. The van der Waals surface area contributed by atoms with Gasteiger partial charge in [-0.15, -0.1) is 0 Å². The lowest BCUT2D eigenvalue weighted by Gasteiger charge is -2.36. The van der Waals surface area contributed by atoms with Crippen molar-refractivity contribution in [3.8, 4) is 0 Å². The van der Waals surface area contributed by atoms with Crippen LogP contribution in [0.3, 0.4) is 0 Å². The fourth-order valence-corrected chi connectivity index (χ4v) is 3.28. The summed E-state index contributed by atoms with van der Waals surface area (Å²) in [5.74, 6) is 0. The molecular formula is C15H27B3. The van der Waals surface area contributed by atoms with Gasteiger partial charge < -0.3 is 0 Å². The van der Waals surface area contributed by atoms with Crippen molar-refractivity contribution in [2.75, 3.05) is 0 Å². The molecule has 1 rings (SSSR count). The molecule has 1 aromatic rings. The Hall–Kier alpha value is -0.585. The van der Waals surface area contributed by atoms with Crippen LogP contribution in [-0.4, -0.2) is 23.5 Å². The van der Waals surface area contributed by atoms with Crippen molar-refractivity contribution in [2.45, 2.75) is 57.0 Å². The van der Waals surface area contributed by atoms with Crippen molar-refractivity contribution in [1.82, 2.24) is 0 Å². The normalized spacial score (nSPS) is 15.3. The van der Waals surface area contributed by atoms with Crippen molar-refractivity contribution < 1.29 is 0 Å². The molecule has 0 spiro atoms. The first-order valence-electron chi connectivity index (χ1n) is 7.40. The standard InChI is InChI=1S/C15H27B3/c1-4-9-15(17,18)11-14(3,16)13-8-6-7-12(5-2)10-13/h6-8,10H,4-5,9,11,16-18H2,1-3H3. The molecule has 0 aliphatic heterocycles. The summed E-state index contributed by atoms with van der Waals surface area (Å²) in [5, 5.41) is 0.699. The van der Waals surface area contributed by atoms with E-state index in [4.69, 9.17) is 0 Å². The lowest BCUT2D eigenvalue weighted by atomic mass is 9.44. The third-order valence-electron chi connectivity index (χ3n) is 3.96. The van der Waals surface area contributed by atoms with E-state index in [1.165, 1.54) is 30.4 Å². The summed E-state index contributed by atoms with van der Waals surface area (Å²) in [7, 11) is 7.20. The van der Waals surface area contributed by atoms with E-state index >= 15 is 0 Å². The largest absolute Gasteiger partial charge is 0.114 e. The van der Waals surface area contributed by atoms with E-state index in [1.54, 1.807) is 0 Å². The van der Waals surface area contributed by atoms with Crippen LogP contribution in [0.1, 0.15) is 51.2 Å². The van der Waals surface area contributed by atoms with Gasteiger partial charge in [0.15, 0.2) is 0 Å². The van der Waals surface area contributed by atoms with Gasteiger partial charge in [0.2, 0.25) is 0 Å². The minimum absolute atomic E-state index is 0.268. The molecule has 0 heterocycles. The summed E-state index contributed by atoms with van der Waals surface area (Å²) in [6.45, 7) is 6.90. The molecule has 1 aromatic carbocycles. The molecule has 1 unspecified atom stereocenters. The predicted octanol–water partition coefficient (Wildman–Crippen LogP) is 1.67. The second-order valence-corrected chi connectivity index (χ2v) is 7.03. The summed E-state index contributed by atoms with van der Waals surface area (Å²) < 4.78 is 0. The van der Waals surface area contributed by atoms with E-state index in [0.29, 0.717) is 5.21 Å². The Kier molecular flexibility index (Phi) is 5.19. The predicted molar refractivity (Wildman–Crippen MR) is 91.0 cm³/mol. The molecule has 0 fully saturated rings. The van der Waals surface area contributed by atoms with Gasteiger partial charge in [-0.3, -0.25) is 0 Å². The monoisotopic (exact) mass is 240 g/mol. The van der Waals surface area contributed by atoms with Crippen molar-refractivity contribution >= 4 is 23.5 Å². The Labute approximate surface area is 116 Å². The Balaban J connectivity index is 2.91. The number of hydrogen-bond acceptors (Lipinski definition) is 0. The van der Waals surface area contributed by atoms with Gasteiger partial charge in [0.25, 0.3) is 0 Å². The third-order valence-corrected chi connectivity index (χ3v) is 3.96. The number of hydrogen-bond donors (Lipinski definition) is 0. The van der Waals surface area contributed by atoms with E-state index in [-0.39, 0.29) is 5.31 Å². The highest BCUT2D eigenvalue weighted by molar-refractivity contribution is 6.40. The van der Waals surface area contributed by atoms with Crippen LogP contribution in [0.25, 0.3) is 0 Å². The third kappa shape index (κ3) is 4.26. The molecule has 1 atom stereocenters. The van der Waals surface area contributed by atoms with Gasteiger partial charge in [0.1, 0.15) is 7.85 Å². The minimum atomic E-state index is 0.268. The smallest absolute Gasteiger partial charge is 0.0843 e. The molecule has 0 amide bonds. The molecule has 0 aliphatic carbocycles. The number of benzene rings is 1. The molecule has 0 saturated carbocycles. The molecule has 0 N–H and O–H groups in total. The summed E-state index contributed by atoms with van der Waals surface area (Å²) in [6.07, 6.45) is 4.96. The second-order valence-electron chi connectivity index (χ2n) is 7.03. The molecule has 0 saturated heterocycles. The van der Waals surface area contributed by atoms with Crippen molar-refractivity contribution in [2.24, 2.45) is 0 Å². The molecular weight excluding hydrogens is 213 g/mol. The van der Waals surface area contributed by atoms with E-state index < -0.39 is 0 Å². The summed E-state index contributed by atoms with van der Waals surface area (Å²) in [5.41, 5.74) is 2.94. The Morgan fingerprint density at radius 1 is 1.11 bits per heavy atom. The Bertz CT molecular complexity index is 383. The first kappa shape index (κ1) is 15.5. The molecule has 0 radical (unpaired) electrons. The van der Waals surface area contributed by atoms with E-state index in [2.05, 4.69) is 68.6 Å². The van der Waals surface area contributed by atoms with Crippen LogP contribution in [-0.2, 0) is 11.7 Å². The Morgan fingerprint density at radius 2 is 1.78 bits per heavy atom. The molecule has 0 aliphatic rings. The highest BCUT2D eigenvalue weighted by Gasteiger charge is 2.29. The van der Waals surface area contributed by atoms with Gasteiger partial charge in [-0.2, -0.15) is 0 Å². The van der Waals surface area contributed by atoms with Crippen molar-refractivity contribution in [3.63, 3.8) is 0 Å². The maximum atomic E-state index is 2.40. The Morgan fingerprint density at radius 3 is 2.33 bits per heavy atom. The quantitative estimate of drug-likeness (QED) is 0.663. The van der Waals surface area contributed by atoms with Gasteiger partial charge in [0.05, 0.1) is 15.7 Å². The molecule has 18 heavy (non-hydrogen) atoms. The highest BCUT2D eigenvalue weighted by Crippen LogP contribution is 2.38. The first-order valence-corrected chi connectivity index (χ1v) is 7.40. The van der Waals surface area contributed by atoms with Crippen LogP contribution in [0.4, 0.5) is 0 Å². The summed E-state index contributed by atoms with van der Waals surface area (Å²) in [6, 6.07) is 9.13. The minimum Gasteiger partial charge on any atom is -0.0843 e. The second kappa shape index (κ2) is 6.04. The lowest BCUT2D eigenvalue weighted by Crippen LogP contribution is -2.30. The SMILES string of the molecule is BC(B)(CCC)CC(B)(C)c1cccc(CC)c1.